The van der Waals surface area contributed by atoms with Crippen molar-refractivity contribution in [3.05, 3.63) is 70.6 Å². The molecule has 2 aromatic carbocycles. The lowest BCUT2D eigenvalue weighted by atomic mass is 9.85. The zero-order valence-corrected chi connectivity index (χ0v) is 19.1. The van der Waals surface area contributed by atoms with Gasteiger partial charge in [-0.05, 0) is 55.5 Å². The van der Waals surface area contributed by atoms with E-state index in [0.29, 0.717) is 54.1 Å². The largest absolute Gasteiger partial charge is 0.422 e. The Morgan fingerprint density at radius 1 is 1.03 bits per heavy atom. The Balaban J connectivity index is 0.00000228. The van der Waals surface area contributed by atoms with E-state index < -0.39 is 5.63 Å². The average Bonchev–Trinajstić information content (AvgIpc) is 3.17. The van der Waals surface area contributed by atoms with Crippen LogP contribution >= 0.6 is 12.4 Å². The van der Waals surface area contributed by atoms with Crippen LogP contribution in [0.25, 0.3) is 22.1 Å². The number of hydrogen-bond donors (Lipinski definition) is 1. The maximum Gasteiger partial charge on any atom is 0.344 e. The number of carbonyl (C=O) groups is 1. The van der Waals surface area contributed by atoms with Gasteiger partial charge in [0.25, 0.3) is 5.91 Å². The lowest BCUT2D eigenvalue weighted by Gasteiger charge is -2.47. The quantitative estimate of drug-likeness (QED) is 0.578. The molecule has 1 N–H and O–H groups in total. The molecule has 3 aliphatic rings. The summed E-state index contributed by atoms with van der Waals surface area (Å²) in [6.45, 7) is 1.79. The monoisotopic (exact) mass is 466 g/mol. The average molecular weight is 467 g/mol. The number of morpholine rings is 1. The van der Waals surface area contributed by atoms with Crippen molar-refractivity contribution in [1.29, 1.82) is 0 Å². The minimum atomic E-state index is -0.399. The molecule has 0 saturated carbocycles. The molecule has 3 aliphatic heterocycles. The van der Waals surface area contributed by atoms with E-state index in [1.165, 1.54) is 12.8 Å². The highest BCUT2D eigenvalue weighted by molar-refractivity contribution is 5.96. The fraction of sp³-hybridized carbons (Fsp3) is 0.385. The van der Waals surface area contributed by atoms with E-state index in [-0.39, 0.29) is 23.9 Å². The number of rotatable bonds is 2. The first-order valence-corrected chi connectivity index (χ1v) is 11.4. The predicted molar refractivity (Wildman–Crippen MR) is 129 cm³/mol. The van der Waals surface area contributed by atoms with Crippen LogP contribution in [0.1, 0.15) is 36.0 Å². The molecule has 1 aromatic heterocycles. The second-order valence-corrected chi connectivity index (χ2v) is 9.37. The second kappa shape index (κ2) is 8.60. The van der Waals surface area contributed by atoms with Crippen molar-refractivity contribution in [3.63, 3.8) is 0 Å². The molecule has 172 valence electrons. The number of nitrogens with zero attached hydrogens (tertiary/aromatic N) is 1. The molecule has 4 heterocycles. The Bertz CT molecular complexity index is 1240. The normalized spacial score (nSPS) is 26.4. The molecule has 6 rings (SSSR count). The van der Waals surface area contributed by atoms with Gasteiger partial charge in [-0.2, -0.15) is 0 Å². The van der Waals surface area contributed by atoms with E-state index in [1.54, 1.807) is 12.1 Å². The Labute approximate surface area is 198 Å². The summed E-state index contributed by atoms with van der Waals surface area (Å²) < 4.78 is 11.8. The Morgan fingerprint density at radius 3 is 2.64 bits per heavy atom. The standard InChI is InChI=1S/C26H26N2O4.ClH/c29-24(28-10-11-31-26(16-28)14-20-8-9-21(15-26)27-20)19-6-3-5-17(12-19)22-13-18-4-1-2-7-23(18)32-25(22)30;/h1-7,12-13,20-21,27H,8-11,14-16H2;1H/t20-,21+,26?;. The molecule has 3 fully saturated rings. The molecule has 2 bridgehead atoms. The summed E-state index contributed by atoms with van der Waals surface area (Å²) in [7, 11) is 0. The third-order valence-corrected chi connectivity index (χ3v) is 7.17. The van der Waals surface area contributed by atoms with Crippen molar-refractivity contribution in [2.24, 2.45) is 0 Å². The highest BCUT2D eigenvalue weighted by Crippen LogP contribution is 2.38. The number of carbonyl (C=O) groups excluding carboxylic acids is 1. The van der Waals surface area contributed by atoms with Gasteiger partial charge in [0.15, 0.2) is 0 Å². The van der Waals surface area contributed by atoms with Crippen LogP contribution in [0.2, 0.25) is 0 Å². The van der Waals surface area contributed by atoms with Crippen molar-refractivity contribution < 1.29 is 13.9 Å². The van der Waals surface area contributed by atoms with Gasteiger partial charge in [-0.1, -0.05) is 30.3 Å². The first-order valence-electron chi connectivity index (χ1n) is 11.4. The molecule has 33 heavy (non-hydrogen) atoms. The first-order chi connectivity index (χ1) is 15.6. The van der Waals surface area contributed by atoms with Crippen LogP contribution in [0, 0.1) is 0 Å². The smallest absolute Gasteiger partial charge is 0.344 e. The summed E-state index contributed by atoms with van der Waals surface area (Å²) >= 11 is 0. The van der Waals surface area contributed by atoms with Crippen molar-refractivity contribution in [2.75, 3.05) is 19.7 Å². The molecule has 0 radical (unpaired) electrons. The maximum atomic E-state index is 13.4. The van der Waals surface area contributed by atoms with Crippen LogP contribution in [-0.2, 0) is 4.74 Å². The zero-order chi connectivity index (χ0) is 21.7. The molecule has 6 nitrogen and oxygen atoms in total. The molecular weight excluding hydrogens is 440 g/mol. The summed E-state index contributed by atoms with van der Waals surface area (Å²) in [5.74, 6) is -0.00872. The lowest BCUT2D eigenvalue weighted by Crippen LogP contribution is -2.60. The number of piperidine rings is 1. The van der Waals surface area contributed by atoms with Gasteiger partial charge in [-0.3, -0.25) is 4.79 Å². The van der Waals surface area contributed by atoms with Crippen molar-refractivity contribution in [3.8, 4) is 11.1 Å². The van der Waals surface area contributed by atoms with Crippen LogP contribution in [0.15, 0.2) is 63.8 Å². The molecular formula is C26H27ClN2O4. The van der Waals surface area contributed by atoms with Crippen LogP contribution in [0.4, 0.5) is 0 Å². The number of para-hydroxylation sites is 1. The van der Waals surface area contributed by atoms with Crippen LogP contribution in [-0.4, -0.2) is 48.2 Å². The number of benzene rings is 2. The summed E-state index contributed by atoms with van der Waals surface area (Å²) in [4.78, 5) is 28.0. The van der Waals surface area contributed by atoms with Crippen LogP contribution < -0.4 is 10.9 Å². The molecule has 3 atom stereocenters. The van der Waals surface area contributed by atoms with Gasteiger partial charge in [-0.25, -0.2) is 4.79 Å². The predicted octanol–water partition coefficient (Wildman–Crippen LogP) is 4.01. The van der Waals surface area contributed by atoms with Crippen LogP contribution in [0.5, 0.6) is 0 Å². The molecule has 3 aromatic rings. The van der Waals surface area contributed by atoms with Gasteiger partial charge in [-0.15, -0.1) is 12.4 Å². The summed E-state index contributed by atoms with van der Waals surface area (Å²) in [5.41, 5.74) is 1.67. The second-order valence-electron chi connectivity index (χ2n) is 9.37. The van der Waals surface area contributed by atoms with Crippen molar-refractivity contribution in [2.45, 2.75) is 43.4 Å². The Hall–Kier alpha value is -2.67. The minimum absolute atomic E-state index is 0. The highest BCUT2D eigenvalue weighted by Gasteiger charge is 2.47. The minimum Gasteiger partial charge on any atom is -0.422 e. The van der Waals surface area contributed by atoms with E-state index in [9.17, 15) is 9.59 Å². The molecule has 1 amide bonds. The third-order valence-electron chi connectivity index (χ3n) is 7.17. The lowest BCUT2D eigenvalue weighted by molar-refractivity contribution is -0.122. The fourth-order valence-corrected chi connectivity index (χ4v) is 5.74. The Morgan fingerprint density at radius 2 is 1.82 bits per heavy atom. The van der Waals surface area contributed by atoms with Gasteiger partial charge in [0.2, 0.25) is 0 Å². The topological polar surface area (TPSA) is 71.8 Å². The number of halogens is 1. The van der Waals surface area contributed by atoms with E-state index >= 15 is 0 Å². The number of amides is 1. The van der Waals surface area contributed by atoms with Gasteiger partial charge in [0.05, 0.1) is 24.3 Å². The van der Waals surface area contributed by atoms with Crippen molar-refractivity contribution in [1.82, 2.24) is 10.2 Å². The van der Waals surface area contributed by atoms with Crippen LogP contribution in [0.3, 0.4) is 0 Å². The summed E-state index contributed by atoms with van der Waals surface area (Å²) in [6.07, 6.45) is 4.32. The van der Waals surface area contributed by atoms with E-state index in [1.807, 2.05) is 47.4 Å². The van der Waals surface area contributed by atoms with Gasteiger partial charge in [0.1, 0.15) is 5.58 Å². The zero-order valence-electron chi connectivity index (χ0n) is 18.3. The van der Waals surface area contributed by atoms with E-state index in [4.69, 9.17) is 9.15 Å². The van der Waals surface area contributed by atoms with Gasteiger partial charge in [0, 0.05) is 29.6 Å². The molecule has 0 aliphatic carbocycles. The number of fused-ring (bicyclic) bond motifs is 3. The Kier molecular flexibility index (Phi) is 5.77. The SMILES string of the molecule is Cl.O=C(c1cccc(-c2cc3ccccc3oc2=O)c1)N1CCOC2(C[C@H]3CC[C@@H](C2)N3)C1. The molecule has 1 spiro atoms. The number of hydrogen-bond acceptors (Lipinski definition) is 5. The number of ether oxygens (including phenoxy) is 1. The first kappa shape index (κ1) is 22.1. The molecule has 7 heteroatoms. The summed E-state index contributed by atoms with van der Waals surface area (Å²) in [5, 5.41) is 4.52. The van der Waals surface area contributed by atoms with E-state index in [2.05, 4.69) is 5.32 Å². The van der Waals surface area contributed by atoms with Crippen molar-refractivity contribution >= 4 is 29.3 Å². The fourth-order valence-electron chi connectivity index (χ4n) is 5.74. The van der Waals surface area contributed by atoms with Gasteiger partial charge < -0.3 is 19.4 Å². The molecule has 1 unspecified atom stereocenters. The summed E-state index contributed by atoms with van der Waals surface area (Å²) in [6, 6.07) is 17.6. The maximum absolute atomic E-state index is 13.4. The van der Waals surface area contributed by atoms with Gasteiger partial charge >= 0.3 is 5.63 Å². The number of nitrogens with one attached hydrogen (secondary N) is 1. The highest BCUT2D eigenvalue weighted by atomic mass is 35.5. The third kappa shape index (κ3) is 4.07. The van der Waals surface area contributed by atoms with E-state index in [0.717, 1.165) is 18.2 Å². The molecule has 3 saturated heterocycles.